The molecule has 1 aromatic carbocycles. The Bertz CT molecular complexity index is 625. The molecule has 0 fully saturated rings. The van der Waals surface area contributed by atoms with Gasteiger partial charge in [0.15, 0.2) is 5.82 Å². The average Bonchev–Trinajstić information content (AvgIpc) is 2.97. The van der Waals surface area contributed by atoms with Crippen LogP contribution in [0.1, 0.15) is 30.1 Å². The Morgan fingerprint density at radius 2 is 1.92 bits per heavy atom. The number of nitrogens with zero attached hydrogens (tertiary/aromatic N) is 4. The van der Waals surface area contributed by atoms with Crippen LogP contribution in [0.4, 0.5) is 0 Å². The highest BCUT2D eigenvalue weighted by Crippen LogP contribution is 2.09. The fourth-order valence-electron chi connectivity index (χ4n) is 2.41. The van der Waals surface area contributed by atoms with E-state index < -0.39 is 0 Å². The molecule has 0 unspecified atom stereocenters. The van der Waals surface area contributed by atoms with Gasteiger partial charge in [0, 0.05) is 32.5 Å². The van der Waals surface area contributed by atoms with E-state index in [2.05, 4.69) is 27.2 Å². The summed E-state index contributed by atoms with van der Waals surface area (Å²) >= 11 is 0. The minimum Gasteiger partial charge on any atom is -0.339 e. The third-order valence-corrected chi connectivity index (χ3v) is 3.74. The first-order valence-electron chi connectivity index (χ1n) is 8.30. The summed E-state index contributed by atoms with van der Waals surface area (Å²) in [6.07, 6.45) is 1.84. The smallest absolute Gasteiger partial charge is 0.226 e. The van der Waals surface area contributed by atoms with Crippen LogP contribution in [0.15, 0.2) is 34.9 Å². The van der Waals surface area contributed by atoms with Crippen LogP contribution < -0.4 is 0 Å². The van der Waals surface area contributed by atoms with Gasteiger partial charge in [0.2, 0.25) is 11.8 Å². The highest BCUT2D eigenvalue weighted by atomic mass is 16.5. The molecule has 0 aliphatic carbocycles. The lowest BCUT2D eigenvalue weighted by atomic mass is 10.1. The summed E-state index contributed by atoms with van der Waals surface area (Å²) in [5, 5.41) is 3.77. The second-order valence-electron chi connectivity index (χ2n) is 6.19. The van der Waals surface area contributed by atoms with E-state index in [0.717, 1.165) is 18.7 Å². The fraction of sp³-hybridized carbons (Fsp3) is 0.500. The van der Waals surface area contributed by atoms with Crippen LogP contribution in [0.3, 0.4) is 0 Å². The fourth-order valence-corrected chi connectivity index (χ4v) is 2.41. The third-order valence-electron chi connectivity index (χ3n) is 3.74. The molecule has 2 rings (SSSR count). The minimum atomic E-state index is 0.164. The molecule has 1 aromatic heterocycles. The molecule has 0 aliphatic heterocycles. The molecule has 0 spiro atoms. The van der Waals surface area contributed by atoms with Gasteiger partial charge in [-0.05, 0) is 33.0 Å². The Labute approximate surface area is 143 Å². The van der Waals surface area contributed by atoms with E-state index in [1.54, 1.807) is 6.92 Å². The van der Waals surface area contributed by atoms with Crippen molar-refractivity contribution < 1.29 is 9.32 Å². The van der Waals surface area contributed by atoms with Crippen molar-refractivity contribution in [3.8, 4) is 0 Å². The van der Waals surface area contributed by atoms with Gasteiger partial charge in [-0.3, -0.25) is 4.79 Å². The van der Waals surface area contributed by atoms with Crippen molar-refractivity contribution in [2.75, 3.05) is 27.2 Å². The third kappa shape index (κ3) is 6.12. The van der Waals surface area contributed by atoms with Gasteiger partial charge in [-0.1, -0.05) is 35.5 Å². The molecule has 24 heavy (non-hydrogen) atoms. The Hall–Kier alpha value is -2.21. The molecule has 0 radical (unpaired) electrons. The van der Waals surface area contributed by atoms with E-state index in [0.29, 0.717) is 37.5 Å². The quantitative estimate of drug-likeness (QED) is 0.706. The number of likely N-dealkylation sites (N-methyl/N-ethyl adjacent to an activating group) is 1. The number of aromatic nitrogens is 2. The van der Waals surface area contributed by atoms with E-state index in [-0.39, 0.29) is 5.91 Å². The predicted molar refractivity (Wildman–Crippen MR) is 92.4 cm³/mol. The highest BCUT2D eigenvalue weighted by Gasteiger charge is 2.14. The van der Waals surface area contributed by atoms with Crippen molar-refractivity contribution in [2.24, 2.45) is 0 Å². The van der Waals surface area contributed by atoms with Crippen LogP contribution in [0, 0.1) is 6.92 Å². The Balaban J connectivity index is 1.88. The van der Waals surface area contributed by atoms with E-state index in [4.69, 9.17) is 4.52 Å². The SMILES string of the molecule is Cc1noc(CCCC(=O)N(CCN(C)C)Cc2ccccc2)n1. The van der Waals surface area contributed by atoms with Gasteiger partial charge >= 0.3 is 0 Å². The lowest BCUT2D eigenvalue weighted by Gasteiger charge is -2.24. The van der Waals surface area contributed by atoms with Crippen molar-refractivity contribution in [1.82, 2.24) is 19.9 Å². The maximum atomic E-state index is 12.6. The number of amides is 1. The van der Waals surface area contributed by atoms with Gasteiger partial charge in [-0.15, -0.1) is 0 Å². The second kappa shape index (κ2) is 9.17. The molecule has 0 N–H and O–H groups in total. The maximum Gasteiger partial charge on any atom is 0.226 e. The van der Waals surface area contributed by atoms with E-state index in [9.17, 15) is 4.79 Å². The molecular formula is C18H26N4O2. The van der Waals surface area contributed by atoms with Gasteiger partial charge < -0.3 is 14.3 Å². The normalized spacial score (nSPS) is 11.0. The van der Waals surface area contributed by atoms with Crippen LogP contribution in [-0.2, 0) is 17.8 Å². The van der Waals surface area contributed by atoms with Crippen LogP contribution in [0.25, 0.3) is 0 Å². The van der Waals surface area contributed by atoms with E-state index >= 15 is 0 Å². The van der Waals surface area contributed by atoms with Crippen LogP contribution >= 0.6 is 0 Å². The number of carbonyl (C=O) groups is 1. The lowest BCUT2D eigenvalue weighted by molar-refractivity contribution is -0.132. The van der Waals surface area contributed by atoms with Crippen LogP contribution in [0.5, 0.6) is 0 Å². The lowest BCUT2D eigenvalue weighted by Crippen LogP contribution is -2.36. The number of hydrogen-bond acceptors (Lipinski definition) is 5. The molecular weight excluding hydrogens is 304 g/mol. The maximum absolute atomic E-state index is 12.6. The summed E-state index contributed by atoms with van der Waals surface area (Å²) in [7, 11) is 4.03. The van der Waals surface area contributed by atoms with Crippen molar-refractivity contribution in [3.63, 3.8) is 0 Å². The molecule has 0 aliphatic rings. The number of rotatable bonds is 9. The number of carbonyl (C=O) groups excluding carboxylic acids is 1. The summed E-state index contributed by atoms with van der Waals surface area (Å²) < 4.78 is 5.09. The molecule has 6 nitrogen and oxygen atoms in total. The van der Waals surface area contributed by atoms with E-state index in [1.807, 2.05) is 37.2 Å². The molecule has 6 heteroatoms. The molecule has 0 bridgehead atoms. The van der Waals surface area contributed by atoms with Gasteiger partial charge in [-0.25, -0.2) is 0 Å². The number of benzene rings is 1. The summed E-state index contributed by atoms with van der Waals surface area (Å²) in [5.41, 5.74) is 1.15. The molecule has 0 saturated heterocycles. The van der Waals surface area contributed by atoms with Gasteiger partial charge in [0.05, 0.1) is 0 Å². The monoisotopic (exact) mass is 330 g/mol. The van der Waals surface area contributed by atoms with Crippen LogP contribution in [-0.4, -0.2) is 53.0 Å². The van der Waals surface area contributed by atoms with Gasteiger partial charge in [-0.2, -0.15) is 4.98 Å². The Morgan fingerprint density at radius 3 is 2.54 bits per heavy atom. The zero-order valence-electron chi connectivity index (χ0n) is 14.7. The van der Waals surface area contributed by atoms with E-state index in [1.165, 1.54) is 0 Å². The average molecular weight is 330 g/mol. The van der Waals surface area contributed by atoms with Gasteiger partial charge in [0.1, 0.15) is 0 Å². The largest absolute Gasteiger partial charge is 0.339 e. The Morgan fingerprint density at radius 1 is 1.17 bits per heavy atom. The zero-order valence-corrected chi connectivity index (χ0v) is 14.7. The second-order valence-corrected chi connectivity index (χ2v) is 6.19. The van der Waals surface area contributed by atoms with Gasteiger partial charge in [0.25, 0.3) is 0 Å². The first-order chi connectivity index (χ1) is 11.5. The molecule has 130 valence electrons. The standard InChI is InChI=1S/C18H26N4O2/c1-15-19-17(24-20-15)10-7-11-18(23)22(13-12-21(2)3)14-16-8-5-4-6-9-16/h4-6,8-9H,7,10-14H2,1-3H3. The number of hydrogen-bond donors (Lipinski definition) is 0. The van der Waals surface area contributed by atoms with Crippen molar-refractivity contribution in [1.29, 1.82) is 0 Å². The molecule has 1 heterocycles. The molecule has 0 atom stereocenters. The molecule has 0 saturated carbocycles. The minimum absolute atomic E-state index is 0.164. The highest BCUT2D eigenvalue weighted by molar-refractivity contribution is 5.76. The number of aryl methyl sites for hydroxylation is 2. The zero-order chi connectivity index (χ0) is 17.4. The van der Waals surface area contributed by atoms with Crippen molar-refractivity contribution >= 4 is 5.91 Å². The first kappa shape index (κ1) is 18.1. The topological polar surface area (TPSA) is 62.5 Å². The summed E-state index contributed by atoms with van der Waals surface area (Å²) in [6.45, 7) is 4.01. The van der Waals surface area contributed by atoms with Crippen LogP contribution in [0.2, 0.25) is 0 Å². The summed E-state index contributed by atoms with van der Waals surface area (Å²) in [6, 6.07) is 10.1. The van der Waals surface area contributed by atoms with Crippen molar-refractivity contribution in [2.45, 2.75) is 32.7 Å². The summed E-state index contributed by atoms with van der Waals surface area (Å²) in [4.78, 5) is 20.8. The molecule has 2 aromatic rings. The molecule has 1 amide bonds. The predicted octanol–water partition coefficient (Wildman–Crippen LogP) is 2.29. The first-order valence-corrected chi connectivity index (χ1v) is 8.30. The summed E-state index contributed by atoms with van der Waals surface area (Å²) in [5.74, 6) is 1.40. The van der Waals surface area contributed by atoms with Crippen molar-refractivity contribution in [3.05, 3.63) is 47.6 Å². The Kier molecular flexibility index (Phi) is 6.93.